The number of benzene rings is 1. The van der Waals surface area contributed by atoms with E-state index in [1.54, 1.807) is 7.11 Å². The Balaban J connectivity index is 1.59. The average molecular weight is 361 g/mol. The first-order valence-electron chi connectivity index (χ1n) is 9.09. The Labute approximate surface area is 153 Å². The minimum absolute atomic E-state index is 0.0250. The molecule has 0 unspecified atom stereocenters. The van der Waals surface area contributed by atoms with Gasteiger partial charge in [-0.2, -0.15) is 0 Å². The molecule has 1 amide bonds. The highest BCUT2D eigenvalue weighted by molar-refractivity contribution is 5.80. The van der Waals surface area contributed by atoms with Crippen molar-refractivity contribution in [3.05, 3.63) is 29.8 Å². The maximum atomic E-state index is 12.4. The summed E-state index contributed by atoms with van der Waals surface area (Å²) in [5.41, 5.74) is 0.923. The standard InChI is InChI=1S/C19H27N3O4/c1-26-16-5-3-2-4-14(16)11-21-17(23)12-22-13-19(6-8-20-9-7-19)10-15(22)18(24)25/h2-5,15,20H,6-13H2,1H3,(H,21,23)(H,24,25)/t15-/m1/s1. The zero-order valence-corrected chi connectivity index (χ0v) is 15.2. The Bertz CT molecular complexity index is 658. The van der Waals surface area contributed by atoms with Crippen LogP contribution in [0.5, 0.6) is 5.75 Å². The highest BCUT2D eigenvalue weighted by atomic mass is 16.5. The van der Waals surface area contributed by atoms with Gasteiger partial charge in [0.15, 0.2) is 0 Å². The second kappa shape index (κ2) is 8.05. The molecule has 2 aliphatic rings. The lowest BCUT2D eigenvalue weighted by atomic mass is 9.77. The SMILES string of the molecule is COc1ccccc1CNC(=O)CN1CC2(CCNCC2)C[C@@H]1C(=O)O. The lowest BCUT2D eigenvalue weighted by Gasteiger charge is -2.33. The molecule has 0 aliphatic carbocycles. The molecule has 3 rings (SSSR count). The van der Waals surface area contributed by atoms with E-state index in [1.165, 1.54) is 0 Å². The number of nitrogens with one attached hydrogen (secondary N) is 2. The second-order valence-electron chi connectivity index (χ2n) is 7.30. The Morgan fingerprint density at radius 2 is 2.08 bits per heavy atom. The number of likely N-dealkylation sites (tertiary alicyclic amines) is 1. The van der Waals surface area contributed by atoms with Crippen LogP contribution in [0.15, 0.2) is 24.3 Å². The molecule has 26 heavy (non-hydrogen) atoms. The van der Waals surface area contributed by atoms with Crippen molar-refractivity contribution in [1.29, 1.82) is 0 Å². The van der Waals surface area contributed by atoms with E-state index in [0.717, 1.165) is 37.2 Å². The van der Waals surface area contributed by atoms with Crippen molar-refractivity contribution in [2.45, 2.75) is 31.8 Å². The van der Waals surface area contributed by atoms with Gasteiger partial charge in [-0.15, -0.1) is 0 Å². The smallest absolute Gasteiger partial charge is 0.320 e. The average Bonchev–Trinajstić information content (AvgIpc) is 2.98. The molecular weight excluding hydrogens is 334 g/mol. The van der Waals surface area contributed by atoms with Crippen molar-refractivity contribution in [2.75, 3.05) is 33.3 Å². The molecule has 0 aromatic heterocycles. The maximum Gasteiger partial charge on any atom is 0.320 e. The van der Waals surface area contributed by atoms with Crippen LogP contribution in [0.25, 0.3) is 0 Å². The number of carboxylic acid groups (broad SMARTS) is 1. The van der Waals surface area contributed by atoms with E-state index in [0.29, 0.717) is 19.5 Å². The van der Waals surface area contributed by atoms with Crippen molar-refractivity contribution in [1.82, 2.24) is 15.5 Å². The largest absolute Gasteiger partial charge is 0.496 e. The van der Waals surface area contributed by atoms with Crippen LogP contribution >= 0.6 is 0 Å². The first-order valence-corrected chi connectivity index (χ1v) is 9.09. The number of nitrogens with zero attached hydrogens (tertiary/aromatic N) is 1. The number of ether oxygens (including phenoxy) is 1. The van der Waals surface area contributed by atoms with Crippen LogP contribution < -0.4 is 15.4 Å². The monoisotopic (exact) mass is 361 g/mol. The Morgan fingerprint density at radius 3 is 2.77 bits per heavy atom. The molecule has 2 heterocycles. The molecule has 142 valence electrons. The summed E-state index contributed by atoms with van der Waals surface area (Å²) in [7, 11) is 1.60. The van der Waals surface area contributed by atoms with Gasteiger partial charge in [0, 0.05) is 18.7 Å². The molecule has 1 aromatic rings. The molecule has 7 heteroatoms. The van der Waals surface area contributed by atoms with Crippen molar-refractivity contribution in [2.24, 2.45) is 5.41 Å². The Morgan fingerprint density at radius 1 is 1.35 bits per heavy atom. The van der Waals surface area contributed by atoms with Gasteiger partial charge in [0.05, 0.1) is 13.7 Å². The van der Waals surface area contributed by atoms with Gasteiger partial charge < -0.3 is 20.5 Å². The summed E-state index contributed by atoms with van der Waals surface area (Å²) in [6.45, 7) is 2.98. The molecule has 2 saturated heterocycles. The van der Waals surface area contributed by atoms with Crippen molar-refractivity contribution < 1.29 is 19.4 Å². The van der Waals surface area contributed by atoms with Gasteiger partial charge in [-0.1, -0.05) is 18.2 Å². The molecule has 3 N–H and O–H groups in total. The Kier molecular flexibility index (Phi) is 5.78. The summed E-state index contributed by atoms with van der Waals surface area (Å²) in [5.74, 6) is -0.267. The molecule has 7 nitrogen and oxygen atoms in total. The molecule has 0 radical (unpaired) electrons. The molecular formula is C19H27N3O4. The molecule has 1 spiro atoms. The van der Waals surface area contributed by atoms with Crippen molar-refractivity contribution >= 4 is 11.9 Å². The number of piperidine rings is 1. The first kappa shape index (κ1) is 18.7. The first-order chi connectivity index (χ1) is 12.5. The van der Waals surface area contributed by atoms with Crippen LogP contribution in [-0.2, 0) is 16.1 Å². The van der Waals surface area contributed by atoms with Crippen molar-refractivity contribution in [3.63, 3.8) is 0 Å². The van der Waals surface area contributed by atoms with Gasteiger partial charge in [0.2, 0.25) is 5.91 Å². The summed E-state index contributed by atoms with van der Waals surface area (Å²) in [6, 6.07) is 6.95. The number of hydrogen-bond acceptors (Lipinski definition) is 5. The number of hydrogen-bond donors (Lipinski definition) is 3. The number of carbonyl (C=O) groups excluding carboxylic acids is 1. The zero-order chi connectivity index (χ0) is 18.6. The number of rotatable bonds is 6. The molecule has 2 aliphatic heterocycles. The fourth-order valence-electron chi connectivity index (χ4n) is 4.16. The molecule has 0 bridgehead atoms. The van der Waals surface area contributed by atoms with E-state index in [4.69, 9.17) is 4.74 Å². The van der Waals surface area contributed by atoms with E-state index in [-0.39, 0.29) is 17.9 Å². The van der Waals surface area contributed by atoms with Crippen LogP contribution in [0.3, 0.4) is 0 Å². The summed E-state index contributed by atoms with van der Waals surface area (Å²) in [6.07, 6.45) is 2.57. The van der Waals surface area contributed by atoms with Crippen LogP contribution in [-0.4, -0.2) is 61.2 Å². The summed E-state index contributed by atoms with van der Waals surface area (Å²) < 4.78 is 5.29. The quantitative estimate of drug-likeness (QED) is 0.696. The zero-order valence-electron chi connectivity index (χ0n) is 15.2. The minimum atomic E-state index is -0.835. The van der Waals surface area contributed by atoms with Crippen LogP contribution in [0.1, 0.15) is 24.8 Å². The highest BCUT2D eigenvalue weighted by Crippen LogP contribution is 2.41. The molecule has 1 atom stereocenters. The Hall–Kier alpha value is -2.12. The maximum absolute atomic E-state index is 12.4. The van der Waals surface area contributed by atoms with Crippen LogP contribution in [0.4, 0.5) is 0 Å². The normalized spacial score (nSPS) is 22.3. The molecule has 0 saturated carbocycles. The van der Waals surface area contributed by atoms with Gasteiger partial charge in [-0.25, -0.2) is 0 Å². The summed E-state index contributed by atoms with van der Waals surface area (Å²) in [4.78, 5) is 25.9. The highest BCUT2D eigenvalue weighted by Gasteiger charge is 2.47. The van der Waals surface area contributed by atoms with Gasteiger partial charge in [-0.3, -0.25) is 14.5 Å². The van der Waals surface area contributed by atoms with Crippen molar-refractivity contribution in [3.8, 4) is 5.75 Å². The topological polar surface area (TPSA) is 90.9 Å². The fraction of sp³-hybridized carbons (Fsp3) is 0.579. The predicted octanol–water partition coefficient (Wildman–Crippen LogP) is 0.840. The summed E-state index contributed by atoms with van der Waals surface area (Å²) in [5, 5.41) is 15.8. The molecule has 2 fully saturated rings. The minimum Gasteiger partial charge on any atom is -0.496 e. The predicted molar refractivity (Wildman–Crippen MR) is 97.0 cm³/mol. The van der Waals surface area contributed by atoms with Gasteiger partial charge >= 0.3 is 5.97 Å². The lowest BCUT2D eigenvalue weighted by molar-refractivity contribution is -0.142. The number of methoxy groups -OCH3 is 1. The lowest BCUT2D eigenvalue weighted by Crippen LogP contribution is -2.43. The third kappa shape index (κ3) is 4.16. The second-order valence-corrected chi connectivity index (χ2v) is 7.30. The van der Waals surface area contributed by atoms with E-state index in [1.807, 2.05) is 29.2 Å². The van der Waals surface area contributed by atoms with E-state index >= 15 is 0 Å². The van der Waals surface area contributed by atoms with Gasteiger partial charge in [0.1, 0.15) is 11.8 Å². The third-order valence-electron chi connectivity index (χ3n) is 5.57. The van der Waals surface area contributed by atoms with E-state index in [2.05, 4.69) is 10.6 Å². The van der Waals surface area contributed by atoms with E-state index < -0.39 is 12.0 Å². The third-order valence-corrected chi connectivity index (χ3v) is 5.57. The van der Waals surface area contributed by atoms with Crippen LogP contribution in [0, 0.1) is 5.41 Å². The van der Waals surface area contributed by atoms with E-state index in [9.17, 15) is 14.7 Å². The fourth-order valence-corrected chi connectivity index (χ4v) is 4.16. The molecule has 1 aromatic carbocycles. The van der Waals surface area contributed by atoms with Gasteiger partial charge in [0.25, 0.3) is 0 Å². The number of amides is 1. The number of aliphatic carboxylic acids is 1. The number of carbonyl (C=O) groups is 2. The summed E-state index contributed by atoms with van der Waals surface area (Å²) >= 11 is 0. The number of carboxylic acids is 1. The van der Waals surface area contributed by atoms with Crippen LogP contribution in [0.2, 0.25) is 0 Å². The number of para-hydroxylation sites is 1. The van der Waals surface area contributed by atoms with Gasteiger partial charge in [-0.05, 0) is 43.8 Å².